The molecule has 0 aliphatic heterocycles. The van der Waals surface area contributed by atoms with Crippen molar-refractivity contribution in [3.05, 3.63) is 65.5 Å². The highest BCUT2D eigenvalue weighted by atomic mass is 19.1. The molecule has 6 heteroatoms. The van der Waals surface area contributed by atoms with Crippen molar-refractivity contribution in [3.8, 4) is 0 Å². The van der Waals surface area contributed by atoms with Crippen LogP contribution in [-0.2, 0) is 17.8 Å². The molecule has 0 spiro atoms. The maximum absolute atomic E-state index is 13.3. The Morgan fingerprint density at radius 2 is 1.70 bits per heavy atom. The Balaban J connectivity index is 2.25. The number of hydrogen-bond donors (Lipinski definition) is 2. The Kier molecular flexibility index (Phi) is 7.98. The lowest BCUT2D eigenvalue weighted by molar-refractivity contribution is -0.120. The molecule has 2 rings (SSSR count). The average molecular weight is 414 g/mol. The van der Waals surface area contributed by atoms with Crippen molar-refractivity contribution in [1.29, 1.82) is 0 Å². The Morgan fingerprint density at radius 3 is 2.30 bits per heavy atom. The lowest BCUT2D eigenvalue weighted by Gasteiger charge is -2.29. The summed E-state index contributed by atoms with van der Waals surface area (Å²) in [6.45, 7) is 10.7. The Hall–Kier alpha value is -2.89. The van der Waals surface area contributed by atoms with Gasteiger partial charge < -0.3 is 10.6 Å². The van der Waals surface area contributed by atoms with Crippen LogP contribution in [0.2, 0.25) is 0 Å². The first kappa shape index (κ1) is 23.4. The maximum atomic E-state index is 13.3. The van der Waals surface area contributed by atoms with Gasteiger partial charge in [0, 0.05) is 17.8 Å². The third-order valence-corrected chi connectivity index (χ3v) is 4.28. The first-order valence-electron chi connectivity index (χ1n) is 10.2. The summed E-state index contributed by atoms with van der Waals surface area (Å²) in [6.07, 6.45) is 0.242. The average Bonchev–Trinajstić information content (AvgIpc) is 2.64. The molecule has 0 bridgehead atoms. The molecule has 0 aromatic heterocycles. The van der Waals surface area contributed by atoms with E-state index in [1.807, 2.05) is 58.9 Å². The monoisotopic (exact) mass is 413 g/mol. The molecule has 2 N–H and O–H groups in total. The van der Waals surface area contributed by atoms with Crippen LogP contribution in [0.5, 0.6) is 0 Å². The summed E-state index contributed by atoms with van der Waals surface area (Å²) >= 11 is 0. The molecule has 0 saturated carbocycles. The molecule has 0 heterocycles. The Morgan fingerprint density at radius 1 is 1.03 bits per heavy atom. The first-order chi connectivity index (χ1) is 14.0. The minimum absolute atomic E-state index is 0.0509. The molecule has 0 fully saturated rings. The number of amides is 3. The highest BCUT2D eigenvalue weighted by molar-refractivity contribution is 5.92. The SMILES string of the molecule is CC(C)CNC(=O)Cc1cccc(N(Cc2ccc(F)cc2)C(=O)NC(C)(C)C)c1. The van der Waals surface area contributed by atoms with Crippen molar-refractivity contribution in [2.75, 3.05) is 11.4 Å². The molecule has 0 saturated heterocycles. The second-order valence-electron chi connectivity index (χ2n) is 8.94. The van der Waals surface area contributed by atoms with Crippen LogP contribution >= 0.6 is 0 Å². The summed E-state index contributed by atoms with van der Waals surface area (Å²) in [5.74, 6) is 0.0107. The number of benzene rings is 2. The van der Waals surface area contributed by atoms with Crippen LogP contribution in [0, 0.1) is 11.7 Å². The summed E-state index contributed by atoms with van der Waals surface area (Å²) in [4.78, 5) is 26.8. The van der Waals surface area contributed by atoms with Crippen LogP contribution in [0.25, 0.3) is 0 Å². The zero-order valence-corrected chi connectivity index (χ0v) is 18.5. The van der Waals surface area contributed by atoms with Crippen molar-refractivity contribution in [3.63, 3.8) is 0 Å². The predicted octanol–water partition coefficient (Wildman–Crippen LogP) is 4.66. The normalized spacial score (nSPS) is 11.3. The fourth-order valence-electron chi connectivity index (χ4n) is 2.84. The van der Waals surface area contributed by atoms with Gasteiger partial charge in [0.1, 0.15) is 5.82 Å². The molecular weight excluding hydrogens is 381 g/mol. The van der Waals surface area contributed by atoms with E-state index in [1.165, 1.54) is 12.1 Å². The number of nitrogens with one attached hydrogen (secondary N) is 2. The summed E-state index contributed by atoms with van der Waals surface area (Å²) in [5, 5.41) is 5.89. The molecule has 2 aromatic rings. The smallest absolute Gasteiger partial charge is 0.322 e. The number of halogens is 1. The van der Waals surface area contributed by atoms with E-state index < -0.39 is 5.54 Å². The van der Waals surface area contributed by atoms with Gasteiger partial charge in [0.05, 0.1) is 13.0 Å². The second kappa shape index (κ2) is 10.2. The zero-order chi connectivity index (χ0) is 22.3. The van der Waals surface area contributed by atoms with Crippen molar-refractivity contribution < 1.29 is 14.0 Å². The van der Waals surface area contributed by atoms with Gasteiger partial charge in [-0.3, -0.25) is 9.69 Å². The lowest BCUT2D eigenvalue weighted by atomic mass is 10.1. The van der Waals surface area contributed by atoms with Crippen molar-refractivity contribution in [2.24, 2.45) is 5.92 Å². The highest BCUT2D eigenvalue weighted by Gasteiger charge is 2.22. The summed E-state index contributed by atoms with van der Waals surface area (Å²) < 4.78 is 13.3. The van der Waals surface area contributed by atoms with E-state index >= 15 is 0 Å². The highest BCUT2D eigenvalue weighted by Crippen LogP contribution is 2.21. The molecular formula is C24H32FN3O2. The van der Waals surface area contributed by atoms with E-state index in [0.29, 0.717) is 18.2 Å². The van der Waals surface area contributed by atoms with Crippen molar-refractivity contribution in [1.82, 2.24) is 10.6 Å². The van der Waals surface area contributed by atoms with Crippen molar-refractivity contribution in [2.45, 2.75) is 53.1 Å². The van der Waals surface area contributed by atoms with Crippen molar-refractivity contribution >= 4 is 17.6 Å². The molecule has 3 amide bonds. The van der Waals surface area contributed by atoms with Crippen LogP contribution in [0.15, 0.2) is 48.5 Å². The van der Waals surface area contributed by atoms with Gasteiger partial charge in [-0.1, -0.05) is 38.1 Å². The van der Waals surface area contributed by atoms with Crippen LogP contribution in [-0.4, -0.2) is 24.0 Å². The van der Waals surface area contributed by atoms with E-state index in [2.05, 4.69) is 10.6 Å². The van der Waals surface area contributed by atoms with E-state index in [0.717, 1.165) is 11.1 Å². The number of hydrogen-bond acceptors (Lipinski definition) is 2. The van der Waals surface area contributed by atoms with Gasteiger partial charge in [-0.2, -0.15) is 0 Å². The van der Waals surface area contributed by atoms with Gasteiger partial charge in [0.25, 0.3) is 0 Å². The molecule has 0 atom stereocenters. The number of nitrogens with zero attached hydrogens (tertiary/aromatic N) is 1. The number of carbonyl (C=O) groups excluding carboxylic acids is 2. The van der Waals surface area contributed by atoms with Gasteiger partial charge in [0.2, 0.25) is 5.91 Å². The summed E-state index contributed by atoms with van der Waals surface area (Å²) in [7, 11) is 0. The summed E-state index contributed by atoms with van der Waals surface area (Å²) in [6, 6.07) is 13.2. The largest absolute Gasteiger partial charge is 0.356 e. The fraction of sp³-hybridized carbons (Fsp3) is 0.417. The van der Waals surface area contributed by atoms with Crippen LogP contribution in [0.3, 0.4) is 0 Å². The van der Waals surface area contributed by atoms with Crippen LogP contribution < -0.4 is 15.5 Å². The van der Waals surface area contributed by atoms with Gasteiger partial charge >= 0.3 is 6.03 Å². The quantitative estimate of drug-likeness (QED) is 0.694. The van der Waals surface area contributed by atoms with Gasteiger partial charge in [0.15, 0.2) is 0 Å². The van der Waals surface area contributed by atoms with Gasteiger partial charge in [-0.05, 0) is 62.1 Å². The minimum Gasteiger partial charge on any atom is -0.356 e. The molecule has 162 valence electrons. The molecule has 2 aromatic carbocycles. The van der Waals surface area contributed by atoms with Crippen LogP contribution in [0.4, 0.5) is 14.9 Å². The fourth-order valence-corrected chi connectivity index (χ4v) is 2.84. The Bertz CT molecular complexity index is 857. The van der Waals surface area contributed by atoms with E-state index in [-0.39, 0.29) is 30.7 Å². The maximum Gasteiger partial charge on any atom is 0.322 e. The number of rotatable bonds is 7. The third-order valence-electron chi connectivity index (χ3n) is 4.28. The minimum atomic E-state index is -0.410. The number of urea groups is 1. The second-order valence-corrected chi connectivity index (χ2v) is 8.94. The third kappa shape index (κ3) is 7.85. The topological polar surface area (TPSA) is 61.4 Å². The predicted molar refractivity (Wildman–Crippen MR) is 119 cm³/mol. The molecule has 0 aliphatic rings. The van der Waals surface area contributed by atoms with Crippen LogP contribution in [0.1, 0.15) is 45.7 Å². The molecule has 0 aliphatic carbocycles. The van der Waals surface area contributed by atoms with E-state index in [9.17, 15) is 14.0 Å². The molecule has 0 unspecified atom stereocenters. The summed E-state index contributed by atoms with van der Waals surface area (Å²) in [5.41, 5.74) is 1.89. The van der Waals surface area contributed by atoms with E-state index in [1.54, 1.807) is 17.0 Å². The Labute approximate surface area is 178 Å². The zero-order valence-electron chi connectivity index (χ0n) is 18.5. The molecule has 0 radical (unpaired) electrons. The molecule has 30 heavy (non-hydrogen) atoms. The van der Waals surface area contributed by atoms with Gasteiger partial charge in [-0.15, -0.1) is 0 Å². The number of carbonyl (C=O) groups is 2. The standard InChI is InChI=1S/C24H32FN3O2/c1-17(2)15-26-22(29)14-19-7-6-8-21(13-19)28(23(30)27-24(3,4)5)16-18-9-11-20(25)12-10-18/h6-13,17H,14-16H2,1-5H3,(H,26,29)(H,27,30). The lowest BCUT2D eigenvalue weighted by Crippen LogP contribution is -2.48. The van der Waals surface area contributed by atoms with E-state index in [4.69, 9.17) is 0 Å². The first-order valence-corrected chi connectivity index (χ1v) is 10.2. The number of anilines is 1. The molecule has 5 nitrogen and oxygen atoms in total. The van der Waals surface area contributed by atoms with Gasteiger partial charge in [-0.25, -0.2) is 9.18 Å².